The van der Waals surface area contributed by atoms with Gasteiger partial charge in [0.05, 0.1) is 0 Å². The van der Waals surface area contributed by atoms with Gasteiger partial charge in [-0.25, -0.2) is 0 Å². The third kappa shape index (κ3) is 11.5. The molecule has 0 aromatic rings. The van der Waals surface area contributed by atoms with E-state index in [4.69, 9.17) is 0 Å². The van der Waals surface area contributed by atoms with Gasteiger partial charge in [-0.15, -0.1) is 13.2 Å². The van der Waals surface area contributed by atoms with Crippen molar-refractivity contribution in [1.82, 2.24) is 0 Å². The van der Waals surface area contributed by atoms with E-state index in [0.717, 1.165) is 6.42 Å². The Kier molecular flexibility index (Phi) is 9.66. The van der Waals surface area contributed by atoms with Crippen LogP contribution in [0.25, 0.3) is 0 Å². The maximum atomic E-state index is 3.91. The largest absolute Gasteiger partial charge is 0.103 e. The Balaban J connectivity index is 4.75. The molecular weight excluding hydrogens is 252 g/mol. The first-order valence-electron chi connectivity index (χ1n) is 8.61. The monoisotopic (exact) mass is 290 g/mol. The molecule has 0 aliphatic heterocycles. The summed E-state index contributed by atoms with van der Waals surface area (Å²) in [6.07, 6.45) is 12.7. The van der Waals surface area contributed by atoms with Gasteiger partial charge in [0.15, 0.2) is 0 Å². The van der Waals surface area contributed by atoms with E-state index in [2.05, 4.69) is 66.9 Å². The lowest BCUT2D eigenvalue weighted by Gasteiger charge is -2.23. The first-order valence-corrected chi connectivity index (χ1v) is 8.61. The normalized spacial score (nSPS) is 17.1. The van der Waals surface area contributed by atoms with Crippen molar-refractivity contribution in [2.45, 2.75) is 73.6 Å². The van der Waals surface area contributed by atoms with Crippen molar-refractivity contribution in [2.75, 3.05) is 0 Å². The second-order valence-electron chi connectivity index (χ2n) is 8.15. The lowest BCUT2D eigenvalue weighted by molar-refractivity contribution is 0.335. The van der Waals surface area contributed by atoms with Crippen molar-refractivity contribution in [3.8, 4) is 0 Å². The van der Waals surface area contributed by atoms with Crippen LogP contribution in [0.5, 0.6) is 0 Å². The first kappa shape index (κ1) is 20.2. The summed E-state index contributed by atoms with van der Waals surface area (Å²) in [6, 6.07) is 0. The Morgan fingerprint density at radius 1 is 1.05 bits per heavy atom. The van der Waals surface area contributed by atoms with Crippen LogP contribution in [0, 0.1) is 23.2 Å². The molecule has 0 aliphatic rings. The maximum Gasteiger partial charge on any atom is -0.0254 e. The van der Waals surface area contributed by atoms with Crippen LogP contribution in [-0.2, 0) is 0 Å². The summed E-state index contributed by atoms with van der Waals surface area (Å²) in [7, 11) is 0. The van der Waals surface area contributed by atoms with Crippen LogP contribution < -0.4 is 0 Å². The van der Waals surface area contributed by atoms with Crippen LogP contribution in [0.15, 0.2) is 37.0 Å². The van der Waals surface area contributed by atoms with Crippen LogP contribution >= 0.6 is 0 Å². The average molecular weight is 291 g/mol. The maximum absolute atomic E-state index is 3.91. The van der Waals surface area contributed by atoms with Crippen molar-refractivity contribution in [3.63, 3.8) is 0 Å². The molecule has 0 N–H and O–H groups in total. The summed E-state index contributed by atoms with van der Waals surface area (Å²) >= 11 is 0. The Hall–Kier alpha value is -0.780. The zero-order valence-corrected chi connectivity index (χ0v) is 15.4. The average Bonchev–Trinajstić information content (AvgIpc) is 2.33. The van der Waals surface area contributed by atoms with E-state index in [-0.39, 0.29) is 0 Å². The van der Waals surface area contributed by atoms with Crippen LogP contribution in [0.3, 0.4) is 0 Å². The number of allylic oxidation sites excluding steroid dienone is 4. The summed E-state index contributed by atoms with van der Waals surface area (Å²) in [4.78, 5) is 0. The quantitative estimate of drug-likeness (QED) is 0.373. The molecule has 3 unspecified atom stereocenters. The molecule has 0 saturated carbocycles. The minimum atomic E-state index is 0.405. The zero-order valence-electron chi connectivity index (χ0n) is 15.4. The predicted molar refractivity (Wildman–Crippen MR) is 98.5 cm³/mol. The van der Waals surface area contributed by atoms with Crippen molar-refractivity contribution in [1.29, 1.82) is 0 Å². The fourth-order valence-corrected chi connectivity index (χ4v) is 3.03. The van der Waals surface area contributed by atoms with Crippen molar-refractivity contribution < 1.29 is 0 Å². The molecule has 0 bridgehead atoms. The first-order chi connectivity index (χ1) is 9.67. The summed E-state index contributed by atoms with van der Waals surface area (Å²) in [6.45, 7) is 21.7. The molecule has 0 spiro atoms. The van der Waals surface area contributed by atoms with Gasteiger partial charge in [-0.1, -0.05) is 65.3 Å². The van der Waals surface area contributed by atoms with Gasteiger partial charge in [-0.2, -0.15) is 0 Å². The molecule has 0 fully saturated rings. The van der Waals surface area contributed by atoms with Crippen LogP contribution in [0.2, 0.25) is 0 Å². The lowest BCUT2D eigenvalue weighted by atomic mass is 9.83. The second-order valence-corrected chi connectivity index (χ2v) is 8.15. The second kappa shape index (κ2) is 10.0. The van der Waals surface area contributed by atoms with E-state index in [1.807, 2.05) is 6.08 Å². The number of rotatable bonds is 10. The number of hydrogen-bond acceptors (Lipinski definition) is 0. The highest BCUT2D eigenvalue weighted by Gasteiger charge is 2.15. The predicted octanol–water partition coefficient (Wildman–Crippen LogP) is 7.19. The highest BCUT2D eigenvalue weighted by molar-refractivity contribution is 5.06. The lowest BCUT2D eigenvalue weighted by Crippen LogP contribution is -2.10. The highest BCUT2D eigenvalue weighted by Crippen LogP contribution is 2.28. The molecule has 122 valence electrons. The van der Waals surface area contributed by atoms with Gasteiger partial charge in [0, 0.05) is 0 Å². The molecular formula is C21H38. The smallest absolute Gasteiger partial charge is 0.0254 e. The Labute approximate surface area is 134 Å². The zero-order chi connectivity index (χ0) is 16.5. The summed E-state index contributed by atoms with van der Waals surface area (Å²) in [5.74, 6) is 1.98. The van der Waals surface area contributed by atoms with Gasteiger partial charge in [0.25, 0.3) is 0 Å². The van der Waals surface area contributed by atoms with Gasteiger partial charge in [0.2, 0.25) is 0 Å². The molecule has 0 rings (SSSR count). The van der Waals surface area contributed by atoms with Gasteiger partial charge >= 0.3 is 0 Å². The molecule has 21 heavy (non-hydrogen) atoms. The van der Waals surface area contributed by atoms with E-state index in [1.54, 1.807) is 5.57 Å². The van der Waals surface area contributed by atoms with Crippen molar-refractivity contribution >= 4 is 0 Å². The summed E-state index contributed by atoms with van der Waals surface area (Å²) < 4.78 is 0. The molecule has 0 aromatic carbocycles. The third-order valence-electron chi connectivity index (χ3n) is 3.96. The van der Waals surface area contributed by atoms with Gasteiger partial charge in [-0.05, 0) is 55.3 Å². The topological polar surface area (TPSA) is 0 Å². The molecule has 3 atom stereocenters. The van der Waals surface area contributed by atoms with Crippen LogP contribution in [0.1, 0.15) is 73.6 Å². The van der Waals surface area contributed by atoms with E-state index >= 15 is 0 Å². The molecule has 0 heterocycles. The Morgan fingerprint density at radius 2 is 1.67 bits per heavy atom. The van der Waals surface area contributed by atoms with E-state index < -0.39 is 0 Å². The van der Waals surface area contributed by atoms with E-state index in [0.29, 0.717) is 23.2 Å². The molecule has 0 aromatic heterocycles. The Bertz CT molecular complexity index is 326. The highest BCUT2D eigenvalue weighted by atomic mass is 14.2. The summed E-state index contributed by atoms with van der Waals surface area (Å²) in [5.41, 5.74) is 2.04. The fraction of sp³-hybridized carbons (Fsp3) is 0.714. The molecule has 0 aliphatic carbocycles. The Morgan fingerprint density at radius 3 is 2.14 bits per heavy atom. The number of hydrogen-bond donors (Lipinski definition) is 0. The molecule has 0 amide bonds. The van der Waals surface area contributed by atoms with Gasteiger partial charge < -0.3 is 0 Å². The van der Waals surface area contributed by atoms with E-state index in [9.17, 15) is 0 Å². The minimum Gasteiger partial charge on any atom is -0.103 e. The standard InChI is InChI=1S/C21H38/c1-9-11-18(4)14-20(13-12-17(3)10-2)15-19(5)16-21(6,7)8/h9-10,15,17-19H,1-2,11-14,16H2,3-8H3. The summed E-state index contributed by atoms with van der Waals surface area (Å²) in [5, 5.41) is 0. The van der Waals surface area contributed by atoms with Crippen molar-refractivity contribution in [2.24, 2.45) is 23.2 Å². The fourth-order valence-electron chi connectivity index (χ4n) is 3.03. The van der Waals surface area contributed by atoms with Gasteiger partial charge in [-0.3, -0.25) is 0 Å². The molecule has 0 heteroatoms. The van der Waals surface area contributed by atoms with Crippen molar-refractivity contribution in [3.05, 3.63) is 37.0 Å². The van der Waals surface area contributed by atoms with E-state index in [1.165, 1.54) is 25.7 Å². The molecule has 0 nitrogen and oxygen atoms in total. The molecule has 0 radical (unpaired) electrons. The molecule has 0 saturated heterocycles. The van der Waals surface area contributed by atoms with Gasteiger partial charge in [0.1, 0.15) is 0 Å². The van der Waals surface area contributed by atoms with Crippen LogP contribution in [0.4, 0.5) is 0 Å². The SMILES string of the molecule is C=CCC(C)CC(=CC(C)CC(C)(C)C)CCC(C)C=C. The van der Waals surface area contributed by atoms with Crippen LogP contribution in [-0.4, -0.2) is 0 Å². The minimum absolute atomic E-state index is 0.405. The third-order valence-corrected chi connectivity index (χ3v) is 3.96.